The Kier molecular flexibility index (Phi) is 5.76. The molecule has 3 rings (SSSR count). The maximum Gasteiger partial charge on any atom is 0.235 e. The van der Waals surface area contributed by atoms with Crippen LogP contribution in [-0.4, -0.2) is 57.4 Å². The summed E-state index contributed by atoms with van der Waals surface area (Å²) in [6, 6.07) is 3.84. The second kappa shape index (κ2) is 8.03. The molecule has 1 atom stereocenters. The van der Waals surface area contributed by atoms with Gasteiger partial charge in [0.2, 0.25) is 5.91 Å². The first-order valence-corrected chi connectivity index (χ1v) is 9.94. The van der Waals surface area contributed by atoms with E-state index in [1.807, 2.05) is 43.0 Å². The molecule has 0 spiro atoms. The monoisotopic (exact) mass is 371 g/mol. The van der Waals surface area contributed by atoms with Crippen molar-refractivity contribution in [2.75, 3.05) is 31.3 Å². The Labute approximate surface area is 159 Å². The van der Waals surface area contributed by atoms with E-state index in [2.05, 4.69) is 11.9 Å². The zero-order chi connectivity index (χ0) is 18.7. The minimum atomic E-state index is -0.0190. The van der Waals surface area contributed by atoms with Crippen LogP contribution in [-0.2, 0) is 17.8 Å². The summed E-state index contributed by atoms with van der Waals surface area (Å²) in [4.78, 5) is 30.4. The van der Waals surface area contributed by atoms with Crippen molar-refractivity contribution in [2.24, 2.45) is 0 Å². The predicted octanol–water partition coefficient (Wildman–Crippen LogP) is 2.63. The van der Waals surface area contributed by atoms with Crippen molar-refractivity contribution in [2.45, 2.75) is 32.1 Å². The number of amides is 1. The maximum atomic E-state index is 12.7. The zero-order valence-corrected chi connectivity index (χ0v) is 16.6. The van der Waals surface area contributed by atoms with E-state index in [1.54, 1.807) is 24.2 Å². The summed E-state index contributed by atoms with van der Waals surface area (Å²) in [5.74, 6) is 2.72. The Morgan fingerprint density at radius 3 is 2.85 bits per heavy atom. The third-order valence-electron chi connectivity index (χ3n) is 4.46. The number of pyridine rings is 1. The molecule has 0 N–H and O–H groups in total. The minimum absolute atomic E-state index is 0.0190. The van der Waals surface area contributed by atoms with Crippen LogP contribution < -0.4 is 4.90 Å². The fourth-order valence-corrected chi connectivity index (χ4v) is 3.96. The summed E-state index contributed by atoms with van der Waals surface area (Å²) in [7, 11) is 3.99. The molecule has 138 valence electrons. The van der Waals surface area contributed by atoms with Crippen LogP contribution in [0.15, 0.2) is 24.5 Å². The van der Waals surface area contributed by atoms with Crippen LogP contribution in [0.1, 0.15) is 25.1 Å². The van der Waals surface area contributed by atoms with Gasteiger partial charge in [-0.3, -0.25) is 9.78 Å². The molecule has 0 radical (unpaired) electrons. The smallest absolute Gasteiger partial charge is 0.235 e. The van der Waals surface area contributed by atoms with Crippen LogP contribution >= 0.6 is 11.8 Å². The highest BCUT2D eigenvalue weighted by Gasteiger charge is 2.28. The number of carbonyl (C=O) groups excluding carboxylic acids is 1. The van der Waals surface area contributed by atoms with Gasteiger partial charge in [0.15, 0.2) is 5.82 Å². The van der Waals surface area contributed by atoms with Gasteiger partial charge in [-0.15, -0.1) is 11.8 Å². The van der Waals surface area contributed by atoms with Crippen LogP contribution in [0, 0.1) is 0 Å². The molecule has 1 amide bonds. The molecule has 0 fully saturated rings. The van der Waals surface area contributed by atoms with E-state index in [4.69, 9.17) is 9.97 Å². The second-order valence-corrected chi connectivity index (χ2v) is 8.16. The van der Waals surface area contributed by atoms with E-state index >= 15 is 0 Å². The van der Waals surface area contributed by atoms with Gasteiger partial charge in [0, 0.05) is 44.2 Å². The third kappa shape index (κ3) is 3.82. The Morgan fingerprint density at radius 2 is 2.19 bits per heavy atom. The summed E-state index contributed by atoms with van der Waals surface area (Å²) >= 11 is 1.68. The number of aromatic nitrogens is 3. The molecular formula is C19H25N5OS. The van der Waals surface area contributed by atoms with Crippen molar-refractivity contribution >= 4 is 23.5 Å². The van der Waals surface area contributed by atoms with Crippen LogP contribution in [0.2, 0.25) is 0 Å². The van der Waals surface area contributed by atoms with Crippen LogP contribution in [0.4, 0.5) is 5.82 Å². The van der Waals surface area contributed by atoms with Crippen molar-refractivity contribution in [1.82, 2.24) is 19.9 Å². The van der Waals surface area contributed by atoms with Crippen molar-refractivity contribution in [1.29, 1.82) is 0 Å². The molecule has 1 aliphatic heterocycles. The standard InChI is InChI=1S/C19H25N5OS/c1-5-26-13(2)19(25)24-10-8-15-16(12-24)21-17(22-18(15)23(3)4)14-7-6-9-20-11-14/h6-7,9,11,13H,5,8,10,12H2,1-4H3/t13-/m1/s1. The minimum Gasteiger partial charge on any atom is -0.362 e. The number of hydrogen-bond acceptors (Lipinski definition) is 6. The zero-order valence-electron chi connectivity index (χ0n) is 15.8. The molecule has 7 heteroatoms. The summed E-state index contributed by atoms with van der Waals surface area (Å²) in [6.45, 7) is 5.32. The van der Waals surface area contributed by atoms with Gasteiger partial charge in [0.05, 0.1) is 17.5 Å². The third-order valence-corrected chi connectivity index (χ3v) is 5.50. The highest BCUT2D eigenvalue weighted by molar-refractivity contribution is 8.00. The predicted molar refractivity (Wildman–Crippen MR) is 106 cm³/mol. The lowest BCUT2D eigenvalue weighted by atomic mass is 10.0. The van der Waals surface area contributed by atoms with Gasteiger partial charge < -0.3 is 9.80 Å². The van der Waals surface area contributed by atoms with Crippen LogP contribution in [0.3, 0.4) is 0 Å². The molecule has 0 saturated carbocycles. The molecule has 1 aliphatic rings. The molecule has 0 aliphatic carbocycles. The average molecular weight is 372 g/mol. The lowest BCUT2D eigenvalue weighted by Crippen LogP contribution is -2.41. The van der Waals surface area contributed by atoms with E-state index in [0.29, 0.717) is 12.4 Å². The largest absolute Gasteiger partial charge is 0.362 e. The van der Waals surface area contributed by atoms with Gasteiger partial charge in [-0.25, -0.2) is 9.97 Å². The normalized spacial score (nSPS) is 14.7. The van der Waals surface area contributed by atoms with E-state index in [1.165, 1.54) is 0 Å². The summed E-state index contributed by atoms with van der Waals surface area (Å²) in [5, 5.41) is -0.0190. The van der Waals surface area contributed by atoms with Crippen molar-refractivity contribution in [3.8, 4) is 11.4 Å². The molecule has 0 aromatic carbocycles. The molecule has 0 saturated heterocycles. The number of hydrogen-bond donors (Lipinski definition) is 0. The SMILES string of the molecule is CCS[C@H](C)C(=O)N1CCc2c(nc(-c3cccnc3)nc2N(C)C)C1. The fraction of sp³-hybridized carbons (Fsp3) is 0.474. The fourth-order valence-electron chi connectivity index (χ4n) is 3.17. The Bertz CT molecular complexity index is 781. The van der Waals surface area contributed by atoms with Crippen LogP contribution in [0.25, 0.3) is 11.4 Å². The summed E-state index contributed by atoms with van der Waals surface area (Å²) in [5.41, 5.74) is 2.97. The molecule has 6 nitrogen and oxygen atoms in total. The van der Waals surface area contributed by atoms with E-state index in [-0.39, 0.29) is 11.2 Å². The summed E-state index contributed by atoms with van der Waals surface area (Å²) in [6.07, 6.45) is 4.29. The van der Waals surface area contributed by atoms with Crippen molar-refractivity contribution in [3.05, 3.63) is 35.8 Å². The molecule has 2 aromatic rings. The van der Waals surface area contributed by atoms with Gasteiger partial charge in [0.25, 0.3) is 0 Å². The lowest BCUT2D eigenvalue weighted by Gasteiger charge is -2.32. The van der Waals surface area contributed by atoms with E-state index < -0.39 is 0 Å². The quantitative estimate of drug-likeness (QED) is 0.805. The Balaban J connectivity index is 1.95. The van der Waals surface area contributed by atoms with Gasteiger partial charge in [0.1, 0.15) is 5.82 Å². The highest BCUT2D eigenvalue weighted by Crippen LogP contribution is 2.29. The van der Waals surface area contributed by atoms with Crippen molar-refractivity contribution in [3.63, 3.8) is 0 Å². The number of anilines is 1. The second-order valence-electron chi connectivity index (χ2n) is 6.54. The van der Waals surface area contributed by atoms with E-state index in [0.717, 1.165) is 41.4 Å². The lowest BCUT2D eigenvalue weighted by molar-refractivity contribution is -0.131. The number of nitrogens with zero attached hydrogens (tertiary/aromatic N) is 5. The first kappa shape index (κ1) is 18.6. The van der Waals surface area contributed by atoms with Crippen LogP contribution in [0.5, 0.6) is 0 Å². The van der Waals surface area contributed by atoms with Gasteiger partial charge in [-0.05, 0) is 31.2 Å². The summed E-state index contributed by atoms with van der Waals surface area (Å²) < 4.78 is 0. The molecule has 26 heavy (non-hydrogen) atoms. The topological polar surface area (TPSA) is 62.2 Å². The molecular weight excluding hydrogens is 346 g/mol. The molecule has 0 bridgehead atoms. The maximum absolute atomic E-state index is 12.7. The molecule has 0 unspecified atom stereocenters. The highest BCUT2D eigenvalue weighted by atomic mass is 32.2. The molecule has 2 aromatic heterocycles. The Morgan fingerprint density at radius 1 is 1.38 bits per heavy atom. The molecule has 3 heterocycles. The number of thioether (sulfide) groups is 1. The first-order chi connectivity index (χ1) is 12.5. The first-order valence-electron chi connectivity index (χ1n) is 8.89. The van der Waals surface area contributed by atoms with E-state index in [9.17, 15) is 4.79 Å². The number of carbonyl (C=O) groups is 1. The van der Waals surface area contributed by atoms with Gasteiger partial charge in [-0.2, -0.15) is 0 Å². The van der Waals surface area contributed by atoms with Gasteiger partial charge in [-0.1, -0.05) is 6.92 Å². The van der Waals surface area contributed by atoms with Crippen molar-refractivity contribution < 1.29 is 4.79 Å². The van der Waals surface area contributed by atoms with Gasteiger partial charge >= 0.3 is 0 Å². The average Bonchev–Trinajstić information content (AvgIpc) is 2.66. The Hall–Kier alpha value is -2.15. The number of rotatable bonds is 5. The number of fused-ring (bicyclic) bond motifs is 1.